The summed E-state index contributed by atoms with van der Waals surface area (Å²) in [6.45, 7) is 0. The number of hydrogen-bond acceptors (Lipinski definition) is 3. The second-order valence-corrected chi connectivity index (χ2v) is 7.11. The number of carbonyl (C=O) groups excluding carboxylic acids is 1. The molecule has 128 valence electrons. The van der Waals surface area contributed by atoms with Gasteiger partial charge < -0.3 is 5.32 Å². The standard InChI is InChI=1S/C18H15Cl2N3OS/c19-14-4-7-17(16(20)10-14)22-18(24)12-25-11-13-2-5-15(6-3-13)23-9-1-8-21-23/h1-10H,11-12H2,(H,22,24). The Balaban J connectivity index is 1.48. The number of carbonyl (C=O) groups is 1. The Bertz CT molecular complexity index is 851. The molecule has 0 saturated carbocycles. The molecule has 0 atom stereocenters. The normalized spacial score (nSPS) is 10.6. The molecule has 0 aliphatic carbocycles. The molecule has 1 aromatic heterocycles. The van der Waals surface area contributed by atoms with E-state index in [0.717, 1.165) is 17.0 Å². The van der Waals surface area contributed by atoms with Crippen LogP contribution < -0.4 is 5.32 Å². The lowest BCUT2D eigenvalue weighted by atomic mass is 10.2. The van der Waals surface area contributed by atoms with Crippen LogP contribution in [0.15, 0.2) is 60.9 Å². The fourth-order valence-electron chi connectivity index (χ4n) is 2.21. The molecule has 0 spiro atoms. The van der Waals surface area contributed by atoms with E-state index in [9.17, 15) is 4.79 Å². The van der Waals surface area contributed by atoms with E-state index in [2.05, 4.69) is 10.4 Å². The summed E-state index contributed by atoms with van der Waals surface area (Å²) < 4.78 is 1.81. The minimum absolute atomic E-state index is 0.0950. The molecule has 4 nitrogen and oxygen atoms in total. The molecular formula is C18H15Cl2N3OS. The van der Waals surface area contributed by atoms with Gasteiger partial charge in [0.25, 0.3) is 0 Å². The van der Waals surface area contributed by atoms with Gasteiger partial charge in [-0.3, -0.25) is 4.79 Å². The number of thioether (sulfide) groups is 1. The minimum atomic E-state index is -0.0950. The zero-order chi connectivity index (χ0) is 17.6. The van der Waals surface area contributed by atoms with Gasteiger partial charge in [0.05, 0.1) is 22.2 Å². The Morgan fingerprint density at radius 1 is 1.16 bits per heavy atom. The van der Waals surface area contributed by atoms with E-state index in [0.29, 0.717) is 21.5 Å². The summed E-state index contributed by atoms with van der Waals surface area (Å²) >= 11 is 13.4. The largest absolute Gasteiger partial charge is 0.324 e. The maximum atomic E-state index is 12.0. The summed E-state index contributed by atoms with van der Waals surface area (Å²) in [5, 5.41) is 7.95. The van der Waals surface area contributed by atoms with Crippen LogP contribution in [0.1, 0.15) is 5.56 Å². The average Bonchev–Trinajstić information content (AvgIpc) is 3.13. The highest BCUT2D eigenvalue weighted by Crippen LogP contribution is 2.25. The van der Waals surface area contributed by atoms with Crippen LogP contribution >= 0.6 is 35.0 Å². The van der Waals surface area contributed by atoms with Gasteiger partial charge in [0, 0.05) is 23.2 Å². The maximum absolute atomic E-state index is 12.0. The fraction of sp³-hybridized carbons (Fsp3) is 0.111. The van der Waals surface area contributed by atoms with Gasteiger partial charge in [-0.25, -0.2) is 4.68 Å². The number of aromatic nitrogens is 2. The number of amides is 1. The Labute approximate surface area is 160 Å². The van der Waals surface area contributed by atoms with Crippen LogP contribution in [0.4, 0.5) is 5.69 Å². The van der Waals surface area contributed by atoms with E-state index in [-0.39, 0.29) is 5.91 Å². The van der Waals surface area contributed by atoms with Gasteiger partial charge in [-0.1, -0.05) is 35.3 Å². The van der Waals surface area contributed by atoms with Crippen LogP contribution in [0.2, 0.25) is 10.0 Å². The Hall–Kier alpha value is -1.95. The molecule has 0 radical (unpaired) electrons. The second-order valence-electron chi connectivity index (χ2n) is 5.28. The van der Waals surface area contributed by atoms with Gasteiger partial charge in [0.2, 0.25) is 5.91 Å². The summed E-state index contributed by atoms with van der Waals surface area (Å²) in [5.74, 6) is 1.00. The Morgan fingerprint density at radius 3 is 2.64 bits per heavy atom. The van der Waals surface area contributed by atoms with Crippen molar-refractivity contribution in [3.05, 3.63) is 76.5 Å². The lowest BCUT2D eigenvalue weighted by Crippen LogP contribution is -2.14. The summed E-state index contributed by atoms with van der Waals surface area (Å²) in [7, 11) is 0. The molecular weight excluding hydrogens is 377 g/mol. The molecule has 0 unspecified atom stereocenters. The zero-order valence-electron chi connectivity index (χ0n) is 13.2. The molecule has 0 fully saturated rings. The smallest absolute Gasteiger partial charge is 0.234 e. The van der Waals surface area contributed by atoms with Crippen molar-refractivity contribution in [1.29, 1.82) is 0 Å². The number of halogens is 2. The van der Waals surface area contributed by atoms with E-state index in [1.54, 1.807) is 40.8 Å². The maximum Gasteiger partial charge on any atom is 0.234 e. The van der Waals surface area contributed by atoms with Gasteiger partial charge in [-0.2, -0.15) is 5.10 Å². The molecule has 0 aliphatic rings. The molecule has 0 saturated heterocycles. The quantitative estimate of drug-likeness (QED) is 0.639. The summed E-state index contributed by atoms with van der Waals surface area (Å²) in [6, 6.07) is 15.0. The lowest BCUT2D eigenvalue weighted by molar-refractivity contribution is -0.113. The van der Waals surface area contributed by atoms with Crippen molar-refractivity contribution >= 4 is 46.6 Å². The van der Waals surface area contributed by atoms with Crippen LogP contribution in [0.5, 0.6) is 0 Å². The first-order valence-corrected chi connectivity index (χ1v) is 9.44. The third-order valence-corrected chi connectivity index (χ3v) is 4.96. The van der Waals surface area contributed by atoms with Crippen LogP contribution in [-0.2, 0) is 10.5 Å². The topological polar surface area (TPSA) is 46.9 Å². The highest BCUT2D eigenvalue weighted by Gasteiger charge is 2.07. The lowest BCUT2D eigenvalue weighted by Gasteiger charge is -2.08. The van der Waals surface area contributed by atoms with Crippen molar-refractivity contribution in [3.8, 4) is 5.69 Å². The van der Waals surface area contributed by atoms with Gasteiger partial charge >= 0.3 is 0 Å². The van der Waals surface area contributed by atoms with Gasteiger partial charge in [-0.05, 0) is 42.0 Å². The van der Waals surface area contributed by atoms with Crippen LogP contribution in [0, 0.1) is 0 Å². The first-order chi connectivity index (χ1) is 12.1. The Morgan fingerprint density at radius 2 is 1.96 bits per heavy atom. The molecule has 0 aliphatic heterocycles. The number of nitrogens with zero attached hydrogens (tertiary/aromatic N) is 2. The summed E-state index contributed by atoms with van der Waals surface area (Å²) in [5.41, 5.74) is 2.73. The van der Waals surface area contributed by atoms with Crippen LogP contribution in [0.3, 0.4) is 0 Å². The van der Waals surface area contributed by atoms with E-state index in [1.807, 2.05) is 36.5 Å². The third kappa shape index (κ3) is 5.01. The number of benzene rings is 2. The van der Waals surface area contributed by atoms with Crippen molar-refractivity contribution in [2.75, 3.05) is 11.1 Å². The molecule has 1 amide bonds. The highest BCUT2D eigenvalue weighted by molar-refractivity contribution is 7.99. The molecule has 1 N–H and O–H groups in total. The SMILES string of the molecule is O=C(CSCc1ccc(-n2cccn2)cc1)Nc1ccc(Cl)cc1Cl. The predicted octanol–water partition coefficient (Wildman–Crippen LogP) is 5.05. The van der Waals surface area contributed by atoms with Crippen molar-refractivity contribution in [2.45, 2.75) is 5.75 Å². The molecule has 2 aromatic carbocycles. The van der Waals surface area contributed by atoms with Gasteiger partial charge in [0.1, 0.15) is 0 Å². The van der Waals surface area contributed by atoms with Gasteiger partial charge in [0.15, 0.2) is 0 Å². The van der Waals surface area contributed by atoms with E-state index in [1.165, 1.54) is 0 Å². The van der Waals surface area contributed by atoms with Crippen molar-refractivity contribution in [1.82, 2.24) is 9.78 Å². The average molecular weight is 392 g/mol. The predicted molar refractivity (Wildman–Crippen MR) is 105 cm³/mol. The van der Waals surface area contributed by atoms with Crippen molar-refractivity contribution < 1.29 is 4.79 Å². The van der Waals surface area contributed by atoms with E-state index >= 15 is 0 Å². The minimum Gasteiger partial charge on any atom is -0.324 e. The summed E-state index contributed by atoms with van der Waals surface area (Å²) in [4.78, 5) is 12.0. The first kappa shape index (κ1) is 17.9. The molecule has 1 heterocycles. The summed E-state index contributed by atoms with van der Waals surface area (Å²) in [6.07, 6.45) is 3.64. The molecule has 3 aromatic rings. The highest BCUT2D eigenvalue weighted by atomic mass is 35.5. The third-order valence-electron chi connectivity index (χ3n) is 3.41. The molecule has 3 rings (SSSR count). The molecule has 0 bridgehead atoms. The van der Waals surface area contributed by atoms with Crippen LogP contribution in [-0.4, -0.2) is 21.4 Å². The first-order valence-electron chi connectivity index (χ1n) is 7.53. The number of rotatable bonds is 6. The van der Waals surface area contributed by atoms with E-state index in [4.69, 9.17) is 23.2 Å². The molecule has 25 heavy (non-hydrogen) atoms. The number of nitrogens with one attached hydrogen (secondary N) is 1. The Kier molecular flexibility index (Phi) is 6.02. The zero-order valence-corrected chi connectivity index (χ0v) is 15.5. The van der Waals surface area contributed by atoms with E-state index < -0.39 is 0 Å². The molecule has 7 heteroatoms. The van der Waals surface area contributed by atoms with Crippen molar-refractivity contribution in [2.24, 2.45) is 0 Å². The number of anilines is 1. The number of hydrogen-bond donors (Lipinski definition) is 1. The van der Waals surface area contributed by atoms with Gasteiger partial charge in [-0.15, -0.1) is 11.8 Å². The fourth-order valence-corrected chi connectivity index (χ4v) is 3.45. The second kappa shape index (κ2) is 8.43. The van der Waals surface area contributed by atoms with Crippen LogP contribution in [0.25, 0.3) is 5.69 Å². The van der Waals surface area contributed by atoms with Crippen molar-refractivity contribution in [3.63, 3.8) is 0 Å². The monoisotopic (exact) mass is 391 g/mol.